The van der Waals surface area contributed by atoms with Gasteiger partial charge in [-0.2, -0.15) is 0 Å². The Bertz CT molecular complexity index is 1900. The molecule has 0 aliphatic rings. The molecule has 0 unspecified atom stereocenters. The van der Waals surface area contributed by atoms with Crippen LogP contribution in [0.5, 0.6) is 0 Å². The number of benzene rings is 2. The summed E-state index contributed by atoms with van der Waals surface area (Å²) in [6.45, 7) is 16.0. The van der Waals surface area contributed by atoms with Crippen LogP contribution in [0.15, 0.2) is 67.0 Å². The van der Waals surface area contributed by atoms with Crippen molar-refractivity contribution in [3.8, 4) is 20.9 Å². The average molecular weight is 599 g/mol. The predicted octanol–water partition coefficient (Wildman–Crippen LogP) is 8.82. The zero-order valence-corrected chi connectivity index (χ0v) is 26.4. The number of nitrogens with zero attached hydrogens (tertiary/aromatic N) is 2. The Balaban J connectivity index is 1.40. The summed E-state index contributed by atoms with van der Waals surface area (Å²) in [7, 11) is 0. The quantitative estimate of drug-likeness (QED) is 0.163. The lowest BCUT2D eigenvalue weighted by Crippen LogP contribution is -2.21. The van der Waals surface area contributed by atoms with E-state index in [-0.39, 0.29) is 11.3 Å². The third-order valence-electron chi connectivity index (χ3n) is 8.26. The van der Waals surface area contributed by atoms with Gasteiger partial charge in [-0.05, 0) is 89.1 Å². The first-order valence-electron chi connectivity index (χ1n) is 14.5. The maximum absolute atomic E-state index is 13.3. The van der Waals surface area contributed by atoms with Crippen molar-refractivity contribution < 1.29 is 8.83 Å². The molecule has 4 aromatic heterocycles. The molecule has 0 aliphatic heterocycles. The van der Waals surface area contributed by atoms with Crippen LogP contribution in [0.2, 0.25) is 0 Å². The minimum absolute atomic E-state index is 0.332. The number of hydrogen-bond donors (Lipinski definition) is 0. The third-order valence-corrected chi connectivity index (χ3v) is 10.6. The molecule has 0 spiro atoms. The molecule has 2 aromatic carbocycles. The van der Waals surface area contributed by atoms with Crippen molar-refractivity contribution in [1.82, 2.24) is 0 Å². The van der Waals surface area contributed by atoms with Gasteiger partial charge in [-0.25, -0.2) is 9.59 Å². The lowest BCUT2D eigenvalue weighted by atomic mass is 10.0. The Labute approximate surface area is 252 Å². The van der Waals surface area contributed by atoms with E-state index in [1.54, 1.807) is 22.7 Å². The van der Waals surface area contributed by atoms with Crippen molar-refractivity contribution in [3.05, 3.63) is 80.5 Å². The van der Waals surface area contributed by atoms with Crippen LogP contribution in [0, 0.1) is 13.8 Å². The highest BCUT2D eigenvalue weighted by molar-refractivity contribution is 7.31. The van der Waals surface area contributed by atoms with Crippen LogP contribution in [0.3, 0.4) is 0 Å². The monoisotopic (exact) mass is 598 g/mol. The number of fused-ring (bicyclic) bond motifs is 3. The molecule has 0 amide bonds. The molecule has 0 fully saturated rings. The van der Waals surface area contributed by atoms with Crippen LogP contribution in [0.4, 0.5) is 11.4 Å². The van der Waals surface area contributed by atoms with Crippen molar-refractivity contribution in [1.29, 1.82) is 0 Å². The molecule has 0 N–H and O–H groups in total. The van der Waals surface area contributed by atoms with Crippen LogP contribution in [0.1, 0.15) is 38.8 Å². The predicted molar refractivity (Wildman–Crippen MR) is 179 cm³/mol. The highest BCUT2D eigenvalue weighted by Crippen LogP contribution is 2.43. The van der Waals surface area contributed by atoms with Crippen molar-refractivity contribution >= 4 is 65.4 Å². The molecule has 216 valence electrons. The fourth-order valence-electron chi connectivity index (χ4n) is 5.91. The SMILES string of the molecule is CCN(CC)c1ccc2c(C)c(-c3cc4sc(-c5c(C)c6ccc(N(CC)CC)cc6oc5=O)cc4s3)c(=O)oc2c1. The van der Waals surface area contributed by atoms with Crippen LogP contribution in [0.25, 0.3) is 52.2 Å². The maximum atomic E-state index is 13.3. The van der Waals surface area contributed by atoms with E-state index >= 15 is 0 Å². The smallest absolute Gasteiger partial charge is 0.345 e. The first-order chi connectivity index (χ1) is 20.3. The van der Waals surface area contributed by atoms with E-state index in [1.165, 1.54) is 0 Å². The molecule has 4 heterocycles. The van der Waals surface area contributed by atoms with E-state index in [9.17, 15) is 9.59 Å². The van der Waals surface area contributed by atoms with E-state index in [0.29, 0.717) is 22.3 Å². The zero-order chi connectivity index (χ0) is 29.7. The van der Waals surface area contributed by atoms with E-state index in [2.05, 4.69) is 49.6 Å². The van der Waals surface area contributed by atoms with Crippen molar-refractivity contribution in [3.63, 3.8) is 0 Å². The van der Waals surface area contributed by atoms with E-state index in [4.69, 9.17) is 8.83 Å². The van der Waals surface area contributed by atoms with Crippen molar-refractivity contribution in [2.45, 2.75) is 41.5 Å². The van der Waals surface area contributed by atoms with Crippen LogP contribution >= 0.6 is 22.7 Å². The van der Waals surface area contributed by atoms with Gasteiger partial charge in [0, 0.05) is 79.6 Å². The van der Waals surface area contributed by atoms with Gasteiger partial charge in [-0.3, -0.25) is 0 Å². The molecule has 0 saturated heterocycles. The average Bonchev–Trinajstić information content (AvgIpc) is 3.53. The summed E-state index contributed by atoms with van der Waals surface area (Å²) in [6.07, 6.45) is 0. The van der Waals surface area contributed by atoms with Crippen LogP contribution in [-0.4, -0.2) is 26.2 Å². The number of rotatable bonds is 8. The van der Waals surface area contributed by atoms with E-state index in [1.807, 2.05) is 50.2 Å². The maximum Gasteiger partial charge on any atom is 0.345 e. The second-order valence-electron chi connectivity index (χ2n) is 10.4. The third kappa shape index (κ3) is 4.63. The molecule has 6 nitrogen and oxygen atoms in total. The number of hydrogen-bond acceptors (Lipinski definition) is 8. The minimum Gasteiger partial charge on any atom is -0.422 e. The summed E-state index contributed by atoms with van der Waals surface area (Å²) >= 11 is 3.10. The van der Waals surface area contributed by atoms with Gasteiger partial charge in [0.25, 0.3) is 0 Å². The minimum atomic E-state index is -0.332. The molecule has 8 heteroatoms. The van der Waals surface area contributed by atoms with Gasteiger partial charge in [0.05, 0.1) is 11.1 Å². The molecular formula is C34H34N2O4S2. The Morgan fingerprint density at radius 2 is 0.976 bits per heavy atom. The first-order valence-corrected chi connectivity index (χ1v) is 16.1. The second kappa shape index (κ2) is 11.1. The Kier molecular flexibility index (Phi) is 7.45. The van der Waals surface area contributed by atoms with Gasteiger partial charge in [0.1, 0.15) is 11.2 Å². The zero-order valence-electron chi connectivity index (χ0n) is 24.8. The van der Waals surface area contributed by atoms with Gasteiger partial charge in [-0.15, -0.1) is 22.7 Å². The number of thiophene rings is 2. The van der Waals surface area contributed by atoms with Gasteiger partial charge in [0.2, 0.25) is 0 Å². The van der Waals surface area contributed by atoms with Crippen LogP contribution < -0.4 is 21.1 Å². The summed E-state index contributed by atoms with van der Waals surface area (Å²) in [5.41, 5.74) is 5.66. The van der Waals surface area contributed by atoms with Crippen LogP contribution in [-0.2, 0) is 0 Å². The molecule has 42 heavy (non-hydrogen) atoms. The molecular weight excluding hydrogens is 565 g/mol. The van der Waals surface area contributed by atoms with Crippen molar-refractivity contribution in [2.75, 3.05) is 36.0 Å². The highest BCUT2D eigenvalue weighted by Gasteiger charge is 2.21. The largest absolute Gasteiger partial charge is 0.422 e. The van der Waals surface area contributed by atoms with Gasteiger partial charge in [0.15, 0.2) is 0 Å². The summed E-state index contributed by atoms with van der Waals surface area (Å²) in [6, 6.07) is 16.3. The normalized spacial score (nSPS) is 11.7. The summed E-state index contributed by atoms with van der Waals surface area (Å²) < 4.78 is 13.8. The standard InChI is InChI=1S/C34H34N2O4S2/c1-7-35(8-2)21-11-13-23-19(5)31(33(37)39-25(23)15-21)29-17-27-28(41-29)18-30(42-27)32-20(6)24-14-12-22(36(9-3)10-4)16-26(24)40-34(32)38/h11-18H,7-10H2,1-6H3. The topological polar surface area (TPSA) is 66.9 Å². The number of anilines is 2. The molecule has 0 radical (unpaired) electrons. The summed E-state index contributed by atoms with van der Waals surface area (Å²) in [5.74, 6) is 0. The fourth-order valence-corrected chi connectivity index (χ4v) is 8.49. The Hall–Kier alpha value is -3.88. The summed E-state index contributed by atoms with van der Waals surface area (Å²) in [4.78, 5) is 32.7. The fraction of sp³-hybridized carbons (Fsp3) is 0.294. The Morgan fingerprint density at radius 3 is 1.33 bits per heavy atom. The first kappa shape index (κ1) is 28.2. The highest BCUT2D eigenvalue weighted by atomic mass is 32.1. The lowest BCUT2D eigenvalue weighted by Gasteiger charge is -2.21. The van der Waals surface area contributed by atoms with E-state index < -0.39 is 0 Å². The molecule has 0 aliphatic carbocycles. The second-order valence-corrected chi connectivity index (χ2v) is 12.6. The molecule has 0 atom stereocenters. The summed E-state index contributed by atoms with van der Waals surface area (Å²) in [5, 5.41) is 1.87. The molecule has 6 rings (SSSR count). The van der Waals surface area contributed by atoms with E-state index in [0.717, 1.165) is 78.6 Å². The lowest BCUT2D eigenvalue weighted by molar-refractivity contribution is 0.562. The van der Waals surface area contributed by atoms with Crippen molar-refractivity contribution in [2.24, 2.45) is 0 Å². The molecule has 0 bridgehead atoms. The van der Waals surface area contributed by atoms with Gasteiger partial charge >= 0.3 is 11.3 Å². The Morgan fingerprint density at radius 1 is 0.595 bits per heavy atom. The van der Waals surface area contributed by atoms with Gasteiger partial charge < -0.3 is 18.6 Å². The molecule has 6 aromatic rings. The van der Waals surface area contributed by atoms with Gasteiger partial charge in [-0.1, -0.05) is 0 Å². The number of aryl methyl sites for hydroxylation is 2. The molecule has 0 saturated carbocycles.